The number of carbonyl (C=O) groups is 1. The third-order valence-corrected chi connectivity index (χ3v) is 3.54. The van der Waals surface area contributed by atoms with Crippen LogP contribution in [-0.2, 0) is 0 Å². The van der Waals surface area contributed by atoms with Gasteiger partial charge in [0.1, 0.15) is 5.82 Å². The third kappa shape index (κ3) is 2.72. The Balaban J connectivity index is 2.45. The Kier molecular flexibility index (Phi) is 3.89. The van der Waals surface area contributed by atoms with Crippen LogP contribution in [0.5, 0.6) is 0 Å². The second kappa shape index (κ2) is 5.46. The minimum Gasteiger partial charge on any atom is -0.478 e. The first-order chi connectivity index (χ1) is 9.40. The molecule has 0 bridgehead atoms. The monoisotopic (exact) mass is 299 g/mol. The van der Waals surface area contributed by atoms with Crippen LogP contribution in [0.2, 0.25) is 0 Å². The second-order valence-corrected chi connectivity index (χ2v) is 4.93. The van der Waals surface area contributed by atoms with Crippen molar-refractivity contribution in [2.45, 2.75) is 9.79 Å². The maximum atomic E-state index is 13.3. The van der Waals surface area contributed by atoms with Gasteiger partial charge in [0.15, 0.2) is 11.6 Å². The molecule has 0 heterocycles. The molecule has 2 aromatic rings. The van der Waals surface area contributed by atoms with Gasteiger partial charge < -0.3 is 10.8 Å². The lowest BCUT2D eigenvalue weighted by Gasteiger charge is -2.09. The molecular formula is C13H8F3NO2S. The summed E-state index contributed by atoms with van der Waals surface area (Å²) in [5.41, 5.74) is 4.49. The van der Waals surface area contributed by atoms with Gasteiger partial charge in [-0.3, -0.25) is 0 Å². The van der Waals surface area contributed by atoms with Crippen molar-refractivity contribution < 1.29 is 23.1 Å². The highest BCUT2D eigenvalue weighted by molar-refractivity contribution is 7.99. The molecule has 0 saturated heterocycles. The average Bonchev–Trinajstić information content (AvgIpc) is 2.38. The zero-order valence-corrected chi connectivity index (χ0v) is 10.7. The predicted octanol–water partition coefficient (Wildman–Crippen LogP) is 3.54. The quantitative estimate of drug-likeness (QED) is 0.851. The molecule has 20 heavy (non-hydrogen) atoms. The van der Waals surface area contributed by atoms with Crippen LogP contribution in [0.15, 0.2) is 40.1 Å². The van der Waals surface area contributed by atoms with Crippen LogP contribution in [0.4, 0.5) is 18.9 Å². The smallest absolute Gasteiger partial charge is 0.339 e. The van der Waals surface area contributed by atoms with Crippen molar-refractivity contribution in [3.63, 3.8) is 0 Å². The Morgan fingerprint density at radius 1 is 1.05 bits per heavy atom. The van der Waals surface area contributed by atoms with Crippen LogP contribution in [0.1, 0.15) is 10.4 Å². The van der Waals surface area contributed by atoms with E-state index in [-0.39, 0.29) is 9.79 Å². The highest BCUT2D eigenvalue weighted by Gasteiger charge is 2.18. The fourth-order valence-corrected chi connectivity index (χ4v) is 2.53. The lowest BCUT2D eigenvalue weighted by molar-refractivity contribution is 0.0694. The highest BCUT2D eigenvalue weighted by atomic mass is 32.2. The van der Waals surface area contributed by atoms with Gasteiger partial charge in [-0.25, -0.2) is 18.0 Å². The van der Waals surface area contributed by atoms with Crippen molar-refractivity contribution in [2.24, 2.45) is 0 Å². The molecule has 2 rings (SSSR count). The number of nitrogen functional groups attached to an aromatic ring is 1. The number of aromatic carboxylic acids is 1. The first kappa shape index (κ1) is 14.3. The Morgan fingerprint density at radius 3 is 2.30 bits per heavy atom. The molecule has 0 aromatic heterocycles. The summed E-state index contributed by atoms with van der Waals surface area (Å²) in [4.78, 5) is 11.5. The Labute approximate surface area is 116 Å². The summed E-state index contributed by atoms with van der Waals surface area (Å²) in [6.45, 7) is 0. The summed E-state index contributed by atoms with van der Waals surface area (Å²) < 4.78 is 39.2. The van der Waals surface area contributed by atoms with Gasteiger partial charge in [-0.1, -0.05) is 11.8 Å². The van der Waals surface area contributed by atoms with Gasteiger partial charge in [0.2, 0.25) is 0 Å². The van der Waals surface area contributed by atoms with Crippen LogP contribution in [-0.4, -0.2) is 11.1 Å². The van der Waals surface area contributed by atoms with Crippen molar-refractivity contribution in [3.8, 4) is 0 Å². The normalized spacial score (nSPS) is 10.6. The number of benzene rings is 2. The summed E-state index contributed by atoms with van der Waals surface area (Å²) in [5.74, 6) is -4.31. The SMILES string of the molecule is Nc1c(F)ccc(Sc2ccc(F)c(F)c2)c1C(=O)O. The van der Waals surface area contributed by atoms with Crippen molar-refractivity contribution in [1.29, 1.82) is 0 Å². The average molecular weight is 299 g/mol. The summed E-state index contributed by atoms with van der Waals surface area (Å²) >= 11 is 0.854. The van der Waals surface area contributed by atoms with Crippen molar-refractivity contribution in [2.75, 3.05) is 5.73 Å². The molecule has 104 valence electrons. The van der Waals surface area contributed by atoms with E-state index in [1.807, 2.05) is 0 Å². The molecule has 2 aromatic carbocycles. The van der Waals surface area contributed by atoms with Gasteiger partial charge in [0.25, 0.3) is 0 Å². The maximum Gasteiger partial charge on any atom is 0.339 e. The molecule has 7 heteroatoms. The van der Waals surface area contributed by atoms with E-state index in [2.05, 4.69) is 0 Å². The molecule has 3 nitrogen and oxygen atoms in total. The van der Waals surface area contributed by atoms with E-state index >= 15 is 0 Å². The molecule has 0 aliphatic rings. The standard InChI is InChI=1S/C13H8F3NO2S/c14-7-2-1-6(5-9(7)16)20-10-4-3-8(15)12(17)11(10)13(18)19/h1-5H,17H2,(H,18,19). The molecule has 0 atom stereocenters. The fourth-order valence-electron chi connectivity index (χ4n) is 1.55. The van der Waals surface area contributed by atoms with E-state index in [1.54, 1.807) is 0 Å². The number of rotatable bonds is 3. The van der Waals surface area contributed by atoms with Crippen LogP contribution in [0, 0.1) is 17.5 Å². The lowest BCUT2D eigenvalue weighted by Crippen LogP contribution is -2.06. The molecule has 0 radical (unpaired) electrons. The molecule has 3 N–H and O–H groups in total. The third-order valence-electron chi connectivity index (χ3n) is 2.49. The Bertz CT molecular complexity index is 692. The van der Waals surface area contributed by atoms with Gasteiger partial charge in [0.05, 0.1) is 11.3 Å². The number of nitrogens with two attached hydrogens (primary N) is 1. The summed E-state index contributed by atoms with van der Waals surface area (Å²) in [6, 6.07) is 5.37. The Morgan fingerprint density at radius 2 is 1.70 bits per heavy atom. The lowest BCUT2D eigenvalue weighted by atomic mass is 10.2. The molecular weight excluding hydrogens is 291 g/mol. The predicted molar refractivity (Wildman–Crippen MR) is 68.3 cm³/mol. The molecule has 0 saturated carbocycles. The van der Waals surface area contributed by atoms with E-state index in [9.17, 15) is 18.0 Å². The Hall–Kier alpha value is -2.15. The molecule has 0 fully saturated rings. The molecule has 0 unspecified atom stereocenters. The van der Waals surface area contributed by atoms with E-state index in [0.29, 0.717) is 0 Å². The fraction of sp³-hybridized carbons (Fsp3) is 0. The molecule has 0 amide bonds. The van der Waals surface area contributed by atoms with Gasteiger partial charge in [-0.15, -0.1) is 0 Å². The number of hydrogen-bond donors (Lipinski definition) is 2. The number of carboxylic acid groups (broad SMARTS) is 1. The summed E-state index contributed by atoms with van der Waals surface area (Å²) in [7, 11) is 0. The molecule has 0 aliphatic heterocycles. The van der Waals surface area contributed by atoms with Crippen molar-refractivity contribution in [1.82, 2.24) is 0 Å². The van der Waals surface area contributed by atoms with E-state index in [1.165, 1.54) is 12.1 Å². The van der Waals surface area contributed by atoms with Crippen LogP contribution < -0.4 is 5.73 Å². The summed E-state index contributed by atoms with van der Waals surface area (Å²) in [5, 5.41) is 9.05. The largest absolute Gasteiger partial charge is 0.478 e. The van der Waals surface area contributed by atoms with Gasteiger partial charge in [0, 0.05) is 9.79 Å². The number of hydrogen-bond acceptors (Lipinski definition) is 3. The van der Waals surface area contributed by atoms with E-state index in [0.717, 1.165) is 30.0 Å². The van der Waals surface area contributed by atoms with Gasteiger partial charge in [-0.2, -0.15) is 0 Å². The highest BCUT2D eigenvalue weighted by Crippen LogP contribution is 2.34. The minimum absolute atomic E-state index is 0.141. The van der Waals surface area contributed by atoms with Gasteiger partial charge >= 0.3 is 5.97 Å². The van der Waals surface area contributed by atoms with Crippen molar-refractivity contribution in [3.05, 3.63) is 53.3 Å². The molecule has 0 spiro atoms. The second-order valence-electron chi connectivity index (χ2n) is 3.82. The maximum absolute atomic E-state index is 13.3. The number of anilines is 1. The first-order valence-electron chi connectivity index (χ1n) is 5.34. The minimum atomic E-state index is -1.40. The van der Waals surface area contributed by atoms with Crippen LogP contribution in [0.3, 0.4) is 0 Å². The summed E-state index contributed by atoms with van der Waals surface area (Å²) in [6.07, 6.45) is 0. The molecule has 0 aliphatic carbocycles. The number of carboxylic acids is 1. The van der Waals surface area contributed by atoms with E-state index in [4.69, 9.17) is 10.8 Å². The first-order valence-corrected chi connectivity index (χ1v) is 6.16. The zero-order valence-electron chi connectivity index (χ0n) is 9.86. The van der Waals surface area contributed by atoms with Crippen LogP contribution in [0.25, 0.3) is 0 Å². The number of halogens is 3. The van der Waals surface area contributed by atoms with Crippen molar-refractivity contribution >= 4 is 23.4 Å². The van der Waals surface area contributed by atoms with Crippen LogP contribution >= 0.6 is 11.8 Å². The van der Waals surface area contributed by atoms with E-state index < -0.39 is 34.7 Å². The van der Waals surface area contributed by atoms with Gasteiger partial charge in [-0.05, 0) is 30.3 Å². The zero-order chi connectivity index (χ0) is 14.9. The topological polar surface area (TPSA) is 63.3 Å².